The molecule has 1 aromatic carbocycles. The van der Waals surface area contributed by atoms with Gasteiger partial charge in [-0.05, 0) is 24.6 Å². The van der Waals surface area contributed by atoms with E-state index in [2.05, 4.69) is 6.92 Å². The first-order chi connectivity index (χ1) is 9.49. The molecule has 2 N–H and O–H groups in total. The van der Waals surface area contributed by atoms with Crippen LogP contribution in [0.4, 0.5) is 5.69 Å². The molecule has 0 bridgehead atoms. The van der Waals surface area contributed by atoms with Crippen LogP contribution in [0.2, 0.25) is 0 Å². The van der Waals surface area contributed by atoms with Crippen molar-refractivity contribution in [1.82, 2.24) is 4.31 Å². The highest BCUT2D eigenvalue weighted by Gasteiger charge is 2.19. The lowest BCUT2D eigenvalue weighted by molar-refractivity contribution is 0.420. The van der Waals surface area contributed by atoms with E-state index in [9.17, 15) is 8.42 Å². The molecule has 0 aromatic heterocycles. The maximum Gasteiger partial charge on any atom is 0.214 e. The normalized spacial score (nSPS) is 11.9. The van der Waals surface area contributed by atoms with Gasteiger partial charge < -0.3 is 5.73 Å². The fourth-order valence-corrected chi connectivity index (χ4v) is 4.69. The summed E-state index contributed by atoms with van der Waals surface area (Å²) in [6.45, 7) is 5.12. The highest BCUT2D eigenvalue weighted by molar-refractivity contribution is 8.00. The number of rotatable bonds is 9. The van der Waals surface area contributed by atoms with Gasteiger partial charge in [0.15, 0.2) is 0 Å². The van der Waals surface area contributed by atoms with Crippen LogP contribution in [0, 0.1) is 0 Å². The van der Waals surface area contributed by atoms with Crippen LogP contribution in [0.15, 0.2) is 29.2 Å². The number of sulfonamides is 1. The molecule has 114 valence electrons. The van der Waals surface area contributed by atoms with Crippen molar-refractivity contribution in [3.63, 3.8) is 0 Å². The van der Waals surface area contributed by atoms with Gasteiger partial charge in [-0.15, -0.1) is 11.8 Å². The summed E-state index contributed by atoms with van der Waals surface area (Å²) in [4.78, 5) is 1.01. The zero-order valence-electron chi connectivity index (χ0n) is 12.2. The summed E-state index contributed by atoms with van der Waals surface area (Å²) >= 11 is 1.53. The van der Waals surface area contributed by atoms with Crippen LogP contribution in [0.1, 0.15) is 26.7 Å². The minimum absolute atomic E-state index is 0.171. The van der Waals surface area contributed by atoms with Crippen molar-refractivity contribution in [1.29, 1.82) is 0 Å². The highest BCUT2D eigenvalue weighted by Crippen LogP contribution is 2.20. The van der Waals surface area contributed by atoms with Crippen molar-refractivity contribution < 1.29 is 8.42 Å². The zero-order chi connectivity index (χ0) is 15.0. The van der Waals surface area contributed by atoms with Gasteiger partial charge in [0, 0.05) is 29.4 Å². The first kappa shape index (κ1) is 17.3. The lowest BCUT2D eigenvalue weighted by Gasteiger charge is -2.20. The van der Waals surface area contributed by atoms with Crippen molar-refractivity contribution in [2.24, 2.45) is 0 Å². The molecule has 0 unspecified atom stereocenters. The predicted molar refractivity (Wildman–Crippen MR) is 87.5 cm³/mol. The van der Waals surface area contributed by atoms with Gasteiger partial charge in [-0.1, -0.05) is 26.3 Å². The molecule has 20 heavy (non-hydrogen) atoms. The summed E-state index contributed by atoms with van der Waals surface area (Å²) in [6.07, 6.45) is 1.92. The Morgan fingerprint density at radius 3 is 2.65 bits per heavy atom. The van der Waals surface area contributed by atoms with Gasteiger partial charge in [0.2, 0.25) is 10.0 Å². The number of benzene rings is 1. The summed E-state index contributed by atoms with van der Waals surface area (Å²) in [6, 6.07) is 7.52. The molecule has 0 saturated heterocycles. The number of hydrogen-bond donors (Lipinski definition) is 1. The Morgan fingerprint density at radius 1 is 1.30 bits per heavy atom. The molecule has 0 spiro atoms. The molecule has 0 atom stereocenters. The Labute approximate surface area is 126 Å². The molecule has 0 aliphatic rings. The molecule has 0 heterocycles. The van der Waals surface area contributed by atoms with Crippen LogP contribution in [0.3, 0.4) is 0 Å². The van der Waals surface area contributed by atoms with Crippen LogP contribution in [0.5, 0.6) is 0 Å². The van der Waals surface area contributed by atoms with E-state index in [-0.39, 0.29) is 5.75 Å². The SMILES string of the molecule is CCCCN(CC)S(=O)(=O)CCSc1cccc(N)c1. The van der Waals surface area contributed by atoms with Gasteiger partial charge in [-0.2, -0.15) is 0 Å². The molecule has 0 aliphatic carbocycles. The lowest BCUT2D eigenvalue weighted by Crippen LogP contribution is -2.34. The second-order valence-electron chi connectivity index (χ2n) is 4.58. The second kappa shape index (κ2) is 8.54. The largest absolute Gasteiger partial charge is 0.399 e. The summed E-state index contributed by atoms with van der Waals surface area (Å²) in [5.74, 6) is 0.721. The Balaban J connectivity index is 2.50. The zero-order valence-corrected chi connectivity index (χ0v) is 13.8. The number of nitrogens with zero attached hydrogens (tertiary/aromatic N) is 1. The van der Waals surface area contributed by atoms with Gasteiger partial charge in [0.25, 0.3) is 0 Å². The molecule has 1 aromatic rings. The first-order valence-electron chi connectivity index (χ1n) is 6.95. The van der Waals surface area contributed by atoms with E-state index in [0.717, 1.165) is 17.7 Å². The average Bonchev–Trinajstić information content (AvgIpc) is 2.39. The Morgan fingerprint density at radius 2 is 2.05 bits per heavy atom. The number of nitrogen functional groups attached to an aromatic ring is 1. The van der Waals surface area contributed by atoms with Crippen molar-refractivity contribution in [3.05, 3.63) is 24.3 Å². The molecular formula is C14H24N2O2S2. The van der Waals surface area contributed by atoms with E-state index in [0.29, 0.717) is 24.5 Å². The van der Waals surface area contributed by atoms with Gasteiger partial charge >= 0.3 is 0 Å². The fraction of sp³-hybridized carbons (Fsp3) is 0.571. The van der Waals surface area contributed by atoms with Gasteiger partial charge in [-0.25, -0.2) is 12.7 Å². The number of thioether (sulfide) groups is 1. The third-order valence-corrected chi connectivity index (χ3v) is 6.18. The smallest absolute Gasteiger partial charge is 0.214 e. The van der Waals surface area contributed by atoms with Crippen LogP contribution in [-0.4, -0.2) is 37.3 Å². The maximum atomic E-state index is 12.2. The molecule has 0 fully saturated rings. The summed E-state index contributed by atoms with van der Waals surface area (Å²) in [5.41, 5.74) is 6.41. The third kappa shape index (κ3) is 5.73. The highest BCUT2D eigenvalue weighted by atomic mass is 32.2. The monoisotopic (exact) mass is 316 g/mol. The van der Waals surface area contributed by atoms with Crippen molar-refractivity contribution >= 4 is 27.5 Å². The molecule has 0 radical (unpaired) electrons. The molecule has 4 nitrogen and oxygen atoms in total. The van der Waals surface area contributed by atoms with E-state index in [1.165, 1.54) is 11.8 Å². The van der Waals surface area contributed by atoms with Crippen LogP contribution < -0.4 is 5.73 Å². The lowest BCUT2D eigenvalue weighted by atomic mass is 10.3. The quantitative estimate of drug-likeness (QED) is 0.562. The summed E-state index contributed by atoms with van der Waals surface area (Å²) in [7, 11) is -3.14. The molecule has 0 amide bonds. The van der Waals surface area contributed by atoms with Gasteiger partial charge in [0.05, 0.1) is 5.75 Å². The van der Waals surface area contributed by atoms with Crippen LogP contribution in [-0.2, 0) is 10.0 Å². The van der Waals surface area contributed by atoms with Crippen molar-refractivity contribution in [2.45, 2.75) is 31.6 Å². The topological polar surface area (TPSA) is 63.4 Å². The van der Waals surface area contributed by atoms with E-state index >= 15 is 0 Å². The number of nitrogens with two attached hydrogens (primary N) is 1. The number of unbranched alkanes of at least 4 members (excludes halogenated alkanes) is 1. The molecule has 1 rings (SSSR count). The Kier molecular flexibility index (Phi) is 7.40. The molecule has 0 aliphatic heterocycles. The fourth-order valence-electron chi connectivity index (χ4n) is 1.83. The minimum Gasteiger partial charge on any atom is -0.399 e. The van der Waals surface area contributed by atoms with Crippen molar-refractivity contribution in [2.75, 3.05) is 30.3 Å². The Hall–Kier alpha value is -0.720. The van der Waals surface area contributed by atoms with E-state index < -0.39 is 10.0 Å². The van der Waals surface area contributed by atoms with Crippen LogP contribution in [0.25, 0.3) is 0 Å². The minimum atomic E-state index is -3.14. The van der Waals surface area contributed by atoms with Crippen molar-refractivity contribution in [3.8, 4) is 0 Å². The summed E-state index contributed by atoms with van der Waals surface area (Å²) < 4.78 is 26.0. The molecule has 0 saturated carbocycles. The third-order valence-electron chi connectivity index (χ3n) is 2.98. The van der Waals surface area contributed by atoms with Crippen LogP contribution >= 0.6 is 11.8 Å². The van der Waals surface area contributed by atoms with E-state index in [1.807, 2.05) is 31.2 Å². The number of hydrogen-bond acceptors (Lipinski definition) is 4. The molecule has 6 heteroatoms. The molecular weight excluding hydrogens is 292 g/mol. The predicted octanol–water partition coefficient (Wildman–Crippen LogP) is 2.81. The second-order valence-corrected chi connectivity index (χ2v) is 7.84. The maximum absolute atomic E-state index is 12.2. The van der Waals surface area contributed by atoms with E-state index in [1.54, 1.807) is 4.31 Å². The van der Waals surface area contributed by atoms with Gasteiger partial charge in [0.1, 0.15) is 0 Å². The standard InChI is InChI=1S/C14H24N2O2S2/c1-3-5-9-16(4-2)20(17,18)11-10-19-14-8-6-7-13(15)12-14/h6-8,12H,3-5,9-11,15H2,1-2H3. The summed E-state index contributed by atoms with van der Waals surface area (Å²) in [5, 5.41) is 0. The first-order valence-corrected chi connectivity index (χ1v) is 9.55. The van der Waals surface area contributed by atoms with Gasteiger partial charge in [-0.3, -0.25) is 0 Å². The average molecular weight is 316 g/mol. The van der Waals surface area contributed by atoms with E-state index in [4.69, 9.17) is 5.73 Å². The number of anilines is 1. The Bertz CT molecular complexity index is 504.